The molecule has 0 aromatic heterocycles. The van der Waals surface area contributed by atoms with Crippen molar-refractivity contribution in [2.75, 3.05) is 5.32 Å². The SMILES string of the molecule is CC1(C)CCCC1(Nc1ccccc1)C(N)=O. The number of nitrogens with one attached hydrogen (secondary N) is 1. The van der Waals surface area contributed by atoms with E-state index in [1.165, 1.54) is 0 Å². The third kappa shape index (κ3) is 1.90. The Hall–Kier alpha value is -1.51. The van der Waals surface area contributed by atoms with Gasteiger partial charge in [-0.25, -0.2) is 0 Å². The summed E-state index contributed by atoms with van der Waals surface area (Å²) in [5, 5.41) is 3.37. The highest BCUT2D eigenvalue weighted by Crippen LogP contribution is 2.47. The average Bonchev–Trinajstić information content (AvgIpc) is 2.57. The van der Waals surface area contributed by atoms with Crippen LogP contribution in [0.3, 0.4) is 0 Å². The third-order valence-corrected chi connectivity index (χ3v) is 4.06. The van der Waals surface area contributed by atoms with Gasteiger partial charge in [-0.15, -0.1) is 0 Å². The highest BCUT2D eigenvalue weighted by atomic mass is 16.1. The van der Waals surface area contributed by atoms with E-state index in [4.69, 9.17) is 5.73 Å². The standard InChI is InChI=1S/C14H20N2O/c1-13(2)9-6-10-14(13,12(15)17)16-11-7-4-3-5-8-11/h3-5,7-8,16H,6,9-10H2,1-2H3,(H2,15,17). The molecule has 1 fully saturated rings. The normalized spacial score (nSPS) is 26.7. The van der Waals surface area contributed by atoms with Gasteiger partial charge in [0, 0.05) is 5.69 Å². The lowest BCUT2D eigenvalue weighted by Gasteiger charge is -2.40. The number of hydrogen-bond donors (Lipinski definition) is 2. The lowest BCUT2D eigenvalue weighted by atomic mass is 9.74. The molecule has 1 amide bonds. The van der Waals surface area contributed by atoms with Crippen molar-refractivity contribution in [3.8, 4) is 0 Å². The van der Waals surface area contributed by atoms with Gasteiger partial charge in [0.2, 0.25) is 5.91 Å². The van der Waals surface area contributed by atoms with E-state index >= 15 is 0 Å². The number of para-hydroxylation sites is 1. The number of amides is 1. The molecule has 1 unspecified atom stereocenters. The van der Waals surface area contributed by atoms with E-state index in [1.807, 2.05) is 30.3 Å². The maximum Gasteiger partial charge on any atom is 0.243 e. The molecule has 0 spiro atoms. The van der Waals surface area contributed by atoms with Crippen LogP contribution < -0.4 is 11.1 Å². The zero-order valence-electron chi connectivity index (χ0n) is 10.5. The molecule has 3 heteroatoms. The topological polar surface area (TPSA) is 55.1 Å². The molecule has 1 saturated carbocycles. The van der Waals surface area contributed by atoms with Crippen molar-refractivity contribution in [3.63, 3.8) is 0 Å². The number of carbonyl (C=O) groups excluding carboxylic acids is 1. The number of anilines is 1. The van der Waals surface area contributed by atoms with Crippen LogP contribution >= 0.6 is 0 Å². The van der Waals surface area contributed by atoms with Crippen molar-refractivity contribution in [1.82, 2.24) is 0 Å². The van der Waals surface area contributed by atoms with Gasteiger partial charge in [-0.1, -0.05) is 32.0 Å². The molecule has 3 N–H and O–H groups in total. The summed E-state index contributed by atoms with van der Waals surface area (Å²) in [7, 11) is 0. The molecule has 0 saturated heterocycles. The molecular formula is C14H20N2O. The average molecular weight is 232 g/mol. The summed E-state index contributed by atoms with van der Waals surface area (Å²) in [5.74, 6) is -0.246. The van der Waals surface area contributed by atoms with Gasteiger partial charge in [0.05, 0.1) is 0 Å². The molecule has 0 heterocycles. The second-order valence-electron chi connectivity index (χ2n) is 5.50. The fourth-order valence-corrected chi connectivity index (χ4v) is 2.87. The Bertz CT molecular complexity index is 413. The van der Waals surface area contributed by atoms with E-state index in [-0.39, 0.29) is 11.3 Å². The monoisotopic (exact) mass is 232 g/mol. The maximum absolute atomic E-state index is 11.9. The molecule has 0 aliphatic heterocycles. The van der Waals surface area contributed by atoms with E-state index in [0.717, 1.165) is 24.9 Å². The van der Waals surface area contributed by atoms with E-state index in [2.05, 4.69) is 19.2 Å². The van der Waals surface area contributed by atoms with E-state index in [1.54, 1.807) is 0 Å². The van der Waals surface area contributed by atoms with Gasteiger partial charge in [-0.3, -0.25) is 4.79 Å². The smallest absolute Gasteiger partial charge is 0.243 e. The molecular weight excluding hydrogens is 212 g/mol. The van der Waals surface area contributed by atoms with Gasteiger partial charge in [0.1, 0.15) is 5.54 Å². The number of hydrogen-bond acceptors (Lipinski definition) is 2. The zero-order chi connectivity index (χ0) is 12.5. The highest BCUT2D eigenvalue weighted by Gasteiger charge is 2.53. The van der Waals surface area contributed by atoms with Crippen LogP contribution in [0.1, 0.15) is 33.1 Å². The Morgan fingerprint density at radius 2 is 1.88 bits per heavy atom. The number of primary amides is 1. The van der Waals surface area contributed by atoms with Gasteiger partial charge in [-0.2, -0.15) is 0 Å². The molecule has 1 aliphatic rings. The highest BCUT2D eigenvalue weighted by molar-refractivity contribution is 5.89. The Morgan fingerprint density at radius 3 is 2.35 bits per heavy atom. The van der Waals surface area contributed by atoms with Crippen molar-refractivity contribution in [3.05, 3.63) is 30.3 Å². The Labute approximate surface area is 102 Å². The molecule has 2 rings (SSSR count). The van der Waals surface area contributed by atoms with Crippen LogP contribution in [0.2, 0.25) is 0 Å². The van der Waals surface area contributed by atoms with Crippen molar-refractivity contribution in [2.24, 2.45) is 11.1 Å². The van der Waals surface area contributed by atoms with Gasteiger partial charge in [-0.05, 0) is 36.8 Å². The Kier molecular flexibility index (Phi) is 2.86. The van der Waals surface area contributed by atoms with E-state index in [0.29, 0.717) is 0 Å². The minimum atomic E-state index is -0.617. The van der Waals surface area contributed by atoms with Crippen molar-refractivity contribution in [2.45, 2.75) is 38.6 Å². The second kappa shape index (κ2) is 4.06. The number of rotatable bonds is 3. The third-order valence-electron chi connectivity index (χ3n) is 4.06. The first kappa shape index (κ1) is 12.0. The summed E-state index contributed by atoms with van der Waals surface area (Å²) >= 11 is 0. The van der Waals surface area contributed by atoms with Crippen LogP contribution in [0, 0.1) is 5.41 Å². The number of nitrogens with two attached hydrogens (primary N) is 1. The van der Waals surface area contributed by atoms with Gasteiger partial charge in [0.25, 0.3) is 0 Å². The quantitative estimate of drug-likeness (QED) is 0.841. The second-order valence-corrected chi connectivity index (χ2v) is 5.50. The van der Waals surface area contributed by atoms with Crippen LogP contribution in [0.4, 0.5) is 5.69 Å². The van der Waals surface area contributed by atoms with Gasteiger partial charge in [0.15, 0.2) is 0 Å². The van der Waals surface area contributed by atoms with Crippen LogP contribution in [-0.2, 0) is 4.79 Å². The molecule has 1 aromatic rings. The lowest BCUT2D eigenvalue weighted by molar-refractivity contribution is -0.125. The lowest BCUT2D eigenvalue weighted by Crippen LogP contribution is -2.57. The summed E-state index contributed by atoms with van der Waals surface area (Å²) in [6.45, 7) is 4.22. The predicted octanol–water partition coefficient (Wildman–Crippen LogP) is 2.53. The fraction of sp³-hybridized carbons (Fsp3) is 0.500. The summed E-state index contributed by atoms with van der Waals surface area (Å²) in [4.78, 5) is 11.9. The Morgan fingerprint density at radius 1 is 1.24 bits per heavy atom. The fourth-order valence-electron chi connectivity index (χ4n) is 2.87. The summed E-state index contributed by atoms with van der Waals surface area (Å²) in [6.07, 6.45) is 2.87. The largest absolute Gasteiger partial charge is 0.371 e. The van der Waals surface area contributed by atoms with Crippen LogP contribution in [-0.4, -0.2) is 11.4 Å². The van der Waals surface area contributed by atoms with Crippen LogP contribution in [0.5, 0.6) is 0 Å². The van der Waals surface area contributed by atoms with Crippen molar-refractivity contribution < 1.29 is 4.79 Å². The first-order valence-electron chi connectivity index (χ1n) is 6.11. The van der Waals surface area contributed by atoms with Crippen molar-refractivity contribution >= 4 is 11.6 Å². The molecule has 1 aliphatic carbocycles. The molecule has 17 heavy (non-hydrogen) atoms. The number of benzene rings is 1. The van der Waals surface area contributed by atoms with Gasteiger partial charge >= 0.3 is 0 Å². The van der Waals surface area contributed by atoms with Crippen molar-refractivity contribution in [1.29, 1.82) is 0 Å². The molecule has 0 radical (unpaired) electrons. The molecule has 92 valence electrons. The molecule has 0 bridgehead atoms. The molecule has 3 nitrogen and oxygen atoms in total. The van der Waals surface area contributed by atoms with Crippen LogP contribution in [0.25, 0.3) is 0 Å². The summed E-state index contributed by atoms with van der Waals surface area (Å²) < 4.78 is 0. The van der Waals surface area contributed by atoms with Gasteiger partial charge < -0.3 is 11.1 Å². The first-order chi connectivity index (χ1) is 7.98. The minimum absolute atomic E-state index is 0.103. The van der Waals surface area contributed by atoms with Crippen LogP contribution in [0.15, 0.2) is 30.3 Å². The minimum Gasteiger partial charge on any atom is -0.371 e. The first-order valence-corrected chi connectivity index (χ1v) is 6.11. The summed E-state index contributed by atoms with van der Waals surface area (Å²) in [6, 6.07) is 9.82. The predicted molar refractivity (Wildman–Crippen MR) is 69.6 cm³/mol. The number of carbonyl (C=O) groups is 1. The molecule has 1 aromatic carbocycles. The van der Waals surface area contributed by atoms with E-state index < -0.39 is 5.54 Å². The molecule has 1 atom stereocenters. The summed E-state index contributed by atoms with van der Waals surface area (Å²) in [5.41, 5.74) is 5.90. The maximum atomic E-state index is 11.9. The zero-order valence-corrected chi connectivity index (χ0v) is 10.5. The Balaban J connectivity index is 2.34. The van der Waals surface area contributed by atoms with E-state index in [9.17, 15) is 4.79 Å².